The van der Waals surface area contributed by atoms with Crippen molar-refractivity contribution in [1.29, 1.82) is 0 Å². The van der Waals surface area contributed by atoms with E-state index in [2.05, 4.69) is 0 Å². The maximum absolute atomic E-state index is 0. The summed E-state index contributed by atoms with van der Waals surface area (Å²) in [5.41, 5.74) is 0. The molecule has 0 fully saturated rings. The molecule has 0 aliphatic carbocycles. The summed E-state index contributed by atoms with van der Waals surface area (Å²) in [6.07, 6.45) is 0. The summed E-state index contributed by atoms with van der Waals surface area (Å²) in [5.74, 6) is 0. The van der Waals surface area contributed by atoms with E-state index in [1.54, 1.807) is 0 Å². The summed E-state index contributed by atoms with van der Waals surface area (Å²) in [7, 11) is 0. The third-order valence-corrected chi connectivity index (χ3v) is 0. The second kappa shape index (κ2) is 20.0. The van der Waals surface area contributed by atoms with Gasteiger partial charge in [0.2, 0.25) is 0 Å². The van der Waals surface area contributed by atoms with Gasteiger partial charge in [0, 0.05) is 67.6 Å². The van der Waals surface area contributed by atoms with Gasteiger partial charge in [-0.25, -0.2) is 0 Å². The van der Waals surface area contributed by atoms with Crippen LogP contribution in [-0.2, 0) is 33.6 Å². The number of hydrogen-bond acceptors (Lipinski definition) is 0. The Kier molecular flexibility index (Phi) is 188. The summed E-state index contributed by atoms with van der Waals surface area (Å²) in [6, 6.07) is 0. The smallest absolute Gasteiger partial charge is 0 e. The van der Waals surface area contributed by atoms with E-state index in [-0.39, 0.29) is 67.6 Å². The van der Waals surface area contributed by atoms with Crippen molar-refractivity contribution in [3.63, 3.8) is 0 Å². The summed E-state index contributed by atoms with van der Waals surface area (Å²) in [4.78, 5) is 0. The van der Waals surface area contributed by atoms with Crippen LogP contribution in [0.2, 0.25) is 0 Å². The molecule has 23 valence electrons. The van der Waals surface area contributed by atoms with Crippen molar-refractivity contribution >= 4 is 34.0 Å². The van der Waals surface area contributed by atoms with Crippen molar-refractivity contribution in [2.45, 2.75) is 0 Å². The Morgan fingerprint density at radius 3 is 1.00 bits per heavy atom. The zero-order valence-corrected chi connectivity index (χ0v) is 6.48. The van der Waals surface area contributed by atoms with E-state index in [1.807, 2.05) is 0 Å². The SMILES string of the molecule is [Mg].[Mn].[Ni].[Si]. The van der Waals surface area contributed by atoms with Gasteiger partial charge in [-0.2, -0.15) is 0 Å². The maximum Gasteiger partial charge on any atom is 0 e. The molecular formula is MgMnNiSi. The van der Waals surface area contributed by atoms with E-state index >= 15 is 0 Å². The van der Waals surface area contributed by atoms with Crippen molar-refractivity contribution in [2.75, 3.05) is 0 Å². The number of hydrogen-bond donors (Lipinski definition) is 0. The first-order valence-electron chi connectivity index (χ1n) is 0. The zero-order valence-electron chi connectivity index (χ0n) is 1.90. The molecule has 0 saturated heterocycles. The largest absolute Gasteiger partial charge is 0 e. The molecule has 7 radical (unpaired) electrons. The molecule has 0 heterocycles. The first-order chi connectivity index (χ1) is 0. The molecule has 0 saturated carbocycles. The molecule has 4 heavy (non-hydrogen) atoms. The van der Waals surface area contributed by atoms with E-state index < -0.39 is 0 Å². The molecule has 0 aliphatic rings. The minimum atomic E-state index is 0. The third kappa shape index (κ3) is 9.00. The van der Waals surface area contributed by atoms with Crippen molar-refractivity contribution in [3.05, 3.63) is 0 Å². The van der Waals surface area contributed by atoms with E-state index in [9.17, 15) is 0 Å². The van der Waals surface area contributed by atoms with Crippen molar-refractivity contribution in [3.8, 4) is 0 Å². The van der Waals surface area contributed by atoms with E-state index in [0.717, 1.165) is 0 Å². The van der Waals surface area contributed by atoms with Gasteiger partial charge in [0.1, 0.15) is 0 Å². The number of rotatable bonds is 0. The Morgan fingerprint density at radius 2 is 1.00 bits per heavy atom. The van der Waals surface area contributed by atoms with Gasteiger partial charge in [0.25, 0.3) is 0 Å². The molecule has 0 aromatic heterocycles. The average Bonchev–Trinajstić information content (AvgIpc) is 0. The Bertz CT molecular complexity index is 8.00. The molecule has 0 aromatic rings. The van der Waals surface area contributed by atoms with Gasteiger partial charge in [0.05, 0.1) is 0 Å². The first kappa shape index (κ1) is 37.6. The minimum Gasteiger partial charge on any atom is 0 e. The molecule has 4 heteroatoms. The molecular weight excluding hydrogens is 166 g/mol. The van der Waals surface area contributed by atoms with Gasteiger partial charge < -0.3 is 0 Å². The summed E-state index contributed by atoms with van der Waals surface area (Å²) in [6.45, 7) is 0. The fourth-order valence-electron chi connectivity index (χ4n) is 0. The van der Waals surface area contributed by atoms with Crippen LogP contribution in [0.4, 0.5) is 0 Å². The minimum absolute atomic E-state index is 0. The van der Waals surface area contributed by atoms with Crippen LogP contribution in [0, 0.1) is 0 Å². The molecule has 0 rings (SSSR count). The third-order valence-electron chi connectivity index (χ3n) is 0. The second-order valence-corrected chi connectivity index (χ2v) is 0. The standard InChI is InChI=1S/Mg.Mn.Ni.Si. The van der Waals surface area contributed by atoms with Crippen molar-refractivity contribution in [2.24, 2.45) is 0 Å². The van der Waals surface area contributed by atoms with Crippen LogP contribution in [-0.4, -0.2) is 34.0 Å². The predicted molar refractivity (Wildman–Crippen MR) is 11.5 cm³/mol. The predicted octanol–water partition coefficient (Wildman–Crippen LogP) is -0.767. The topological polar surface area (TPSA) is 0 Å². The summed E-state index contributed by atoms with van der Waals surface area (Å²) >= 11 is 0. The maximum atomic E-state index is 0. The van der Waals surface area contributed by atoms with Gasteiger partial charge in [-0.15, -0.1) is 0 Å². The molecule has 0 spiro atoms. The fourth-order valence-corrected chi connectivity index (χ4v) is 0. The van der Waals surface area contributed by atoms with Crippen LogP contribution in [0.5, 0.6) is 0 Å². The quantitative estimate of drug-likeness (QED) is 0.414. The van der Waals surface area contributed by atoms with E-state index in [0.29, 0.717) is 0 Å². The van der Waals surface area contributed by atoms with Gasteiger partial charge in [0.15, 0.2) is 0 Å². The van der Waals surface area contributed by atoms with Crippen molar-refractivity contribution in [1.82, 2.24) is 0 Å². The molecule has 0 amide bonds. The van der Waals surface area contributed by atoms with Crippen LogP contribution in [0.1, 0.15) is 0 Å². The monoisotopic (exact) mass is 165 g/mol. The van der Waals surface area contributed by atoms with E-state index in [4.69, 9.17) is 0 Å². The summed E-state index contributed by atoms with van der Waals surface area (Å²) in [5, 5.41) is 0. The van der Waals surface area contributed by atoms with Crippen LogP contribution in [0.15, 0.2) is 0 Å². The van der Waals surface area contributed by atoms with Gasteiger partial charge >= 0.3 is 0 Å². The van der Waals surface area contributed by atoms with E-state index in [1.165, 1.54) is 0 Å². The Hall–Kier alpha value is 2.00. The van der Waals surface area contributed by atoms with Gasteiger partial charge in [-0.3, -0.25) is 0 Å². The molecule has 0 N–H and O–H groups in total. The van der Waals surface area contributed by atoms with Crippen LogP contribution >= 0.6 is 0 Å². The molecule has 0 bridgehead atoms. The molecule has 0 aliphatic heterocycles. The Balaban J connectivity index is 0. The molecule has 0 nitrogen and oxygen atoms in total. The first-order valence-corrected chi connectivity index (χ1v) is 0. The zero-order chi connectivity index (χ0) is 0. The van der Waals surface area contributed by atoms with Gasteiger partial charge in [-0.05, 0) is 0 Å². The molecule has 0 aromatic carbocycles. The second-order valence-electron chi connectivity index (χ2n) is 0. The van der Waals surface area contributed by atoms with Crippen LogP contribution in [0.25, 0.3) is 0 Å². The molecule has 0 unspecified atom stereocenters. The summed E-state index contributed by atoms with van der Waals surface area (Å²) < 4.78 is 0. The van der Waals surface area contributed by atoms with Crippen LogP contribution in [0.3, 0.4) is 0 Å². The Labute approximate surface area is 67.1 Å². The van der Waals surface area contributed by atoms with Gasteiger partial charge in [-0.1, -0.05) is 0 Å². The molecule has 0 atom stereocenters. The van der Waals surface area contributed by atoms with Crippen molar-refractivity contribution < 1.29 is 33.6 Å². The Morgan fingerprint density at radius 1 is 1.00 bits per heavy atom. The van der Waals surface area contributed by atoms with Crippen LogP contribution < -0.4 is 0 Å². The fraction of sp³-hybridized carbons (Fsp3) is 0. The normalized spacial score (nSPS) is 0. The average molecular weight is 166 g/mol.